The van der Waals surface area contributed by atoms with E-state index in [4.69, 9.17) is 4.42 Å². The van der Waals surface area contributed by atoms with Gasteiger partial charge < -0.3 is 9.73 Å². The highest BCUT2D eigenvalue weighted by Crippen LogP contribution is 2.25. The molecule has 0 atom stereocenters. The summed E-state index contributed by atoms with van der Waals surface area (Å²) < 4.78 is 6.66. The van der Waals surface area contributed by atoms with Crippen LogP contribution in [0.25, 0.3) is 11.5 Å². The molecule has 0 saturated heterocycles. The van der Waals surface area contributed by atoms with Gasteiger partial charge in [0.25, 0.3) is 0 Å². The minimum absolute atomic E-state index is 0.592. The van der Waals surface area contributed by atoms with Crippen LogP contribution in [0.3, 0.4) is 0 Å². The van der Waals surface area contributed by atoms with E-state index >= 15 is 0 Å². The Kier molecular flexibility index (Phi) is 3.14. The average Bonchev–Trinajstić information content (AvgIpc) is 2.74. The molecule has 0 bridgehead atoms. The molecule has 0 radical (unpaired) electrons. The van der Waals surface area contributed by atoms with Crippen LogP contribution in [-0.4, -0.2) is 17.2 Å². The molecule has 0 fully saturated rings. The van der Waals surface area contributed by atoms with Crippen LogP contribution >= 0.6 is 33.9 Å². The fraction of sp³-hybridized carbons (Fsp3) is 0.250. The number of rotatable bonds is 3. The molecule has 1 N–H and O–H groups in total. The number of thiophene rings is 1. The second kappa shape index (κ2) is 4.37. The van der Waals surface area contributed by atoms with Gasteiger partial charge in [0, 0.05) is 5.38 Å². The molecule has 0 aliphatic carbocycles. The first-order valence-electron chi connectivity index (χ1n) is 4.01. The summed E-state index contributed by atoms with van der Waals surface area (Å²) in [7, 11) is 1.84. The van der Waals surface area contributed by atoms with Crippen LogP contribution in [0, 0.1) is 2.88 Å². The smallest absolute Gasteiger partial charge is 0.248 e. The molecule has 6 heteroatoms. The molecule has 2 rings (SSSR count). The Bertz CT molecular complexity index is 426. The van der Waals surface area contributed by atoms with Crippen LogP contribution in [0.4, 0.5) is 0 Å². The van der Waals surface area contributed by atoms with E-state index in [-0.39, 0.29) is 0 Å². The lowest BCUT2D eigenvalue weighted by atomic mass is 10.3. The van der Waals surface area contributed by atoms with Crippen molar-refractivity contribution in [2.24, 2.45) is 0 Å². The van der Waals surface area contributed by atoms with E-state index < -0.39 is 0 Å². The van der Waals surface area contributed by atoms with Crippen LogP contribution in [0.2, 0.25) is 0 Å². The number of hydrogen-bond acceptors (Lipinski definition) is 5. The monoisotopic (exact) mass is 321 g/mol. The van der Waals surface area contributed by atoms with E-state index in [1.165, 1.54) is 2.88 Å². The molecule has 0 spiro atoms. The molecular formula is C8H8IN3OS. The molecule has 4 nitrogen and oxygen atoms in total. The largest absolute Gasteiger partial charge is 0.419 e. The molecule has 0 saturated carbocycles. The Labute approximate surface area is 98.9 Å². The predicted octanol–water partition coefficient (Wildman–Crippen LogP) is 2.12. The molecule has 0 amide bonds. The van der Waals surface area contributed by atoms with Gasteiger partial charge in [0.05, 0.1) is 15.0 Å². The highest BCUT2D eigenvalue weighted by molar-refractivity contribution is 14.1. The molecule has 74 valence electrons. The molecule has 0 aliphatic rings. The SMILES string of the molecule is CNCc1nnc(-c2csc(I)c2)o1. The predicted molar refractivity (Wildman–Crippen MR) is 63.1 cm³/mol. The van der Waals surface area contributed by atoms with Crippen LogP contribution in [0.1, 0.15) is 5.89 Å². The van der Waals surface area contributed by atoms with E-state index in [0.717, 1.165) is 5.56 Å². The summed E-state index contributed by atoms with van der Waals surface area (Å²) >= 11 is 3.93. The lowest BCUT2D eigenvalue weighted by Crippen LogP contribution is -2.04. The summed E-state index contributed by atoms with van der Waals surface area (Å²) in [6.45, 7) is 0.605. The van der Waals surface area contributed by atoms with Gasteiger partial charge in [-0.25, -0.2) is 0 Å². The lowest BCUT2D eigenvalue weighted by Gasteiger charge is -1.89. The number of hydrogen-bond donors (Lipinski definition) is 1. The third kappa shape index (κ3) is 2.12. The maximum Gasteiger partial charge on any atom is 0.248 e. The van der Waals surface area contributed by atoms with E-state index in [2.05, 4.69) is 38.1 Å². The average molecular weight is 321 g/mol. The molecule has 2 aromatic rings. The van der Waals surface area contributed by atoms with E-state index in [1.807, 2.05) is 18.5 Å². The fourth-order valence-electron chi connectivity index (χ4n) is 1.02. The molecule has 0 aliphatic heterocycles. The molecule has 14 heavy (non-hydrogen) atoms. The summed E-state index contributed by atoms with van der Waals surface area (Å²) in [6.07, 6.45) is 0. The van der Waals surface area contributed by atoms with Crippen molar-refractivity contribution in [2.75, 3.05) is 7.05 Å². The normalized spacial score (nSPS) is 10.7. The highest BCUT2D eigenvalue weighted by atomic mass is 127. The second-order valence-electron chi connectivity index (χ2n) is 2.67. The summed E-state index contributed by atoms with van der Waals surface area (Å²) in [5, 5.41) is 12.9. The highest BCUT2D eigenvalue weighted by Gasteiger charge is 2.08. The standard InChI is InChI=1S/C8H8IN3OS/c1-10-3-7-11-12-8(13-7)5-2-6(9)14-4-5/h2,4,10H,3H2,1H3. The van der Waals surface area contributed by atoms with Crippen molar-refractivity contribution in [1.82, 2.24) is 15.5 Å². The minimum atomic E-state index is 0.592. The van der Waals surface area contributed by atoms with Gasteiger partial charge in [-0.1, -0.05) is 0 Å². The molecule has 0 unspecified atom stereocenters. The van der Waals surface area contributed by atoms with Gasteiger partial charge in [-0.2, -0.15) is 0 Å². The Morgan fingerprint density at radius 2 is 2.43 bits per heavy atom. The number of nitrogens with one attached hydrogen (secondary N) is 1. The summed E-state index contributed by atoms with van der Waals surface area (Å²) in [6, 6.07) is 2.03. The fourth-order valence-corrected chi connectivity index (χ4v) is 2.34. The van der Waals surface area contributed by atoms with Crippen molar-refractivity contribution in [1.29, 1.82) is 0 Å². The Morgan fingerprint density at radius 3 is 3.07 bits per heavy atom. The summed E-state index contributed by atoms with van der Waals surface area (Å²) in [4.78, 5) is 0. The van der Waals surface area contributed by atoms with Gasteiger partial charge in [-0.15, -0.1) is 21.5 Å². The summed E-state index contributed by atoms with van der Waals surface area (Å²) in [5.74, 6) is 1.21. The van der Waals surface area contributed by atoms with E-state index in [9.17, 15) is 0 Å². The van der Waals surface area contributed by atoms with Gasteiger partial charge in [0.2, 0.25) is 11.8 Å². The van der Waals surface area contributed by atoms with Crippen LogP contribution in [0.15, 0.2) is 15.9 Å². The number of nitrogens with zero attached hydrogens (tertiary/aromatic N) is 2. The number of aromatic nitrogens is 2. The van der Waals surface area contributed by atoms with Crippen LogP contribution < -0.4 is 5.32 Å². The second-order valence-corrected chi connectivity index (χ2v) is 5.48. The van der Waals surface area contributed by atoms with E-state index in [1.54, 1.807) is 11.3 Å². The lowest BCUT2D eigenvalue weighted by molar-refractivity contribution is 0.490. The molecular weight excluding hydrogens is 313 g/mol. The van der Waals surface area contributed by atoms with Gasteiger partial charge in [-0.05, 0) is 35.7 Å². The molecule has 2 heterocycles. The van der Waals surface area contributed by atoms with Crippen LogP contribution in [0.5, 0.6) is 0 Å². The van der Waals surface area contributed by atoms with Crippen LogP contribution in [-0.2, 0) is 6.54 Å². The van der Waals surface area contributed by atoms with Crippen molar-refractivity contribution in [3.63, 3.8) is 0 Å². The van der Waals surface area contributed by atoms with E-state index in [0.29, 0.717) is 18.3 Å². The van der Waals surface area contributed by atoms with Crippen molar-refractivity contribution < 1.29 is 4.42 Å². The first-order valence-corrected chi connectivity index (χ1v) is 5.97. The first-order chi connectivity index (χ1) is 6.79. The van der Waals surface area contributed by atoms with Crippen molar-refractivity contribution >= 4 is 33.9 Å². The third-order valence-corrected chi connectivity index (χ3v) is 3.40. The maximum atomic E-state index is 5.44. The topological polar surface area (TPSA) is 51.0 Å². The molecule has 2 aromatic heterocycles. The van der Waals surface area contributed by atoms with Gasteiger partial charge in [0.15, 0.2) is 0 Å². The zero-order valence-electron chi connectivity index (χ0n) is 7.45. The Balaban J connectivity index is 2.24. The third-order valence-electron chi connectivity index (χ3n) is 1.61. The van der Waals surface area contributed by atoms with Crippen molar-refractivity contribution in [3.05, 3.63) is 20.2 Å². The van der Waals surface area contributed by atoms with Crippen molar-refractivity contribution in [2.45, 2.75) is 6.54 Å². The van der Waals surface area contributed by atoms with Gasteiger partial charge in [0.1, 0.15) is 0 Å². The summed E-state index contributed by atoms with van der Waals surface area (Å²) in [5.41, 5.74) is 0.995. The van der Waals surface area contributed by atoms with Gasteiger partial charge in [-0.3, -0.25) is 0 Å². The molecule has 0 aromatic carbocycles. The quantitative estimate of drug-likeness (QED) is 0.880. The number of halogens is 1. The zero-order valence-corrected chi connectivity index (χ0v) is 10.4. The maximum absolute atomic E-state index is 5.44. The Hall–Kier alpha value is -0.470. The van der Waals surface area contributed by atoms with Gasteiger partial charge >= 0.3 is 0 Å². The first kappa shape index (κ1) is 10.1. The zero-order chi connectivity index (χ0) is 9.97. The Morgan fingerprint density at radius 1 is 1.57 bits per heavy atom. The van der Waals surface area contributed by atoms with Crippen molar-refractivity contribution in [3.8, 4) is 11.5 Å². The minimum Gasteiger partial charge on any atom is -0.419 e.